The molecular weight excluding hydrogens is 346 g/mol. The highest BCUT2D eigenvalue weighted by atomic mass is 79.9. The Hall–Kier alpha value is -0.550. The highest BCUT2D eigenvalue weighted by Crippen LogP contribution is 2.39. The fourth-order valence-electron chi connectivity index (χ4n) is 2.03. The Morgan fingerprint density at radius 1 is 1.47 bits per heavy atom. The average Bonchev–Trinajstić information content (AvgIpc) is 2.88. The van der Waals surface area contributed by atoms with Gasteiger partial charge >= 0.3 is 0 Å². The molecule has 0 spiro atoms. The standard InChI is InChI=1S/C14H15BrClNOS/c1-3-17-13(12-5-4-6-19-12)10-7-9(16)8-11(15)14(10)18-2/h4-8,13,17H,3H2,1-2H3. The molecule has 0 radical (unpaired) electrons. The molecule has 0 aliphatic heterocycles. The van der Waals surface area contributed by atoms with E-state index in [0.717, 1.165) is 22.3 Å². The predicted octanol–water partition coefficient (Wildman–Crippen LogP) is 4.87. The molecule has 1 heterocycles. The summed E-state index contributed by atoms with van der Waals surface area (Å²) in [7, 11) is 1.68. The lowest BCUT2D eigenvalue weighted by Crippen LogP contribution is -2.21. The van der Waals surface area contributed by atoms with Gasteiger partial charge in [-0.15, -0.1) is 11.3 Å². The second kappa shape index (κ2) is 6.75. The molecule has 1 atom stereocenters. The van der Waals surface area contributed by atoms with Crippen molar-refractivity contribution in [2.45, 2.75) is 13.0 Å². The molecule has 1 unspecified atom stereocenters. The molecule has 0 bridgehead atoms. The molecule has 2 rings (SSSR count). The average molecular weight is 361 g/mol. The van der Waals surface area contributed by atoms with E-state index in [1.807, 2.05) is 12.1 Å². The number of methoxy groups -OCH3 is 1. The first-order chi connectivity index (χ1) is 9.17. The number of nitrogens with one attached hydrogen (secondary N) is 1. The zero-order valence-corrected chi connectivity index (χ0v) is 13.9. The van der Waals surface area contributed by atoms with E-state index >= 15 is 0 Å². The van der Waals surface area contributed by atoms with Crippen molar-refractivity contribution in [2.24, 2.45) is 0 Å². The highest BCUT2D eigenvalue weighted by molar-refractivity contribution is 9.10. The lowest BCUT2D eigenvalue weighted by molar-refractivity contribution is 0.402. The van der Waals surface area contributed by atoms with Gasteiger partial charge in [-0.05, 0) is 46.1 Å². The third kappa shape index (κ3) is 3.31. The van der Waals surface area contributed by atoms with E-state index in [9.17, 15) is 0 Å². The summed E-state index contributed by atoms with van der Waals surface area (Å²) in [5, 5.41) is 6.25. The van der Waals surface area contributed by atoms with Gasteiger partial charge in [-0.1, -0.05) is 24.6 Å². The molecular formula is C14H15BrClNOS. The van der Waals surface area contributed by atoms with Crippen LogP contribution in [0.1, 0.15) is 23.4 Å². The summed E-state index contributed by atoms with van der Waals surface area (Å²) in [6, 6.07) is 8.07. The number of hydrogen-bond acceptors (Lipinski definition) is 3. The first kappa shape index (κ1) is 14.9. The number of thiophene rings is 1. The molecule has 1 aromatic heterocycles. The third-order valence-corrected chi connectivity index (χ3v) is 4.53. The van der Waals surface area contributed by atoms with Gasteiger partial charge in [0.05, 0.1) is 17.6 Å². The second-order valence-electron chi connectivity index (χ2n) is 4.02. The van der Waals surface area contributed by atoms with Crippen molar-refractivity contribution in [1.29, 1.82) is 0 Å². The summed E-state index contributed by atoms with van der Waals surface area (Å²) in [5.41, 5.74) is 1.05. The van der Waals surface area contributed by atoms with Crippen LogP contribution in [-0.4, -0.2) is 13.7 Å². The van der Waals surface area contributed by atoms with E-state index in [-0.39, 0.29) is 6.04 Å². The van der Waals surface area contributed by atoms with Crippen molar-refractivity contribution in [3.63, 3.8) is 0 Å². The first-order valence-electron chi connectivity index (χ1n) is 5.97. The van der Waals surface area contributed by atoms with Gasteiger partial charge in [0.25, 0.3) is 0 Å². The van der Waals surface area contributed by atoms with Gasteiger partial charge in [0.1, 0.15) is 5.75 Å². The van der Waals surface area contributed by atoms with Crippen molar-refractivity contribution in [3.8, 4) is 5.75 Å². The molecule has 5 heteroatoms. The van der Waals surface area contributed by atoms with Gasteiger partial charge < -0.3 is 10.1 Å². The van der Waals surface area contributed by atoms with Gasteiger partial charge in [-0.3, -0.25) is 0 Å². The zero-order chi connectivity index (χ0) is 13.8. The smallest absolute Gasteiger partial charge is 0.138 e. The minimum atomic E-state index is 0.0925. The SMILES string of the molecule is CCNC(c1cccs1)c1cc(Cl)cc(Br)c1OC. The van der Waals surface area contributed by atoms with E-state index in [4.69, 9.17) is 16.3 Å². The van der Waals surface area contributed by atoms with Crippen LogP contribution < -0.4 is 10.1 Å². The van der Waals surface area contributed by atoms with Crippen LogP contribution in [0.15, 0.2) is 34.1 Å². The van der Waals surface area contributed by atoms with Crippen molar-refractivity contribution in [1.82, 2.24) is 5.32 Å². The topological polar surface area (TPSA) is 21.3 Å². The Balaban J connectivity index is 2.53. The minimum absolute atomic E-state index is 0.0925. The maximum Gasteiger partial charge on any atom is 0.138 e. The van der Waals surface area contributed by atoms with Crippen molar-refractivity contribution >= 4 is 38.9 Å². The van der Waals surface area contributed by atoms with Crippen molar-refractivity contribution < 1.29 is 4.74 Å². The van der Waals surface area contributed by atoms with Gasteiger partial charge in [0.2, 0.25) is 0 Å². The van der Waals surface area contributed by atoms with Crippen LogP contribution in [0.4, 0.5) is 0 Å². The number of rotatable bonds is 5. The van der Waals surface area contributed by atoms with E-state index in [1.54, 1.807) is 18.4 Å². The predicted molar refractivity (Wildman–Crippen MR) is 85.5 cm³/mol. The summed E-state index contributed by atoms with van der Waals surface area (Å²) in [6.45, 7) is 2.96. The van der Waals surface area contributed by atoms with E-state index < -0.39 is 0 Å². The Morgan fingerprint density at radius 2 is 2.26 bits per heavy atom. The zero-order valence-electron chi connectivity index (χ0n) is 10.7. The molecule has 0 aliphatic carbocycles. The molecule has 102 valence electrons. The van der Waals surface area contributed by atoms with Gasteiger partial charge in [-0.2, -0.15) is 0 Å². The number of ether oxygens (including phenoxy) is 1. The molecule has 1 aromatic carbocycles. The lowest BCUT2D eigenvalue weighted by atomic mass is 10.0. The number of benzene rings is 1. The van der Waals surface area contributed by atoms with Gasteiger partial charge in [-0.25, -0.2) is 0 Å². The maximum atomic E-state index is 6.17. The van der Waals surface area contributed by atoms with Gasteiger partial charge in [0, 0.05) is 15.5 Å². The summed E-state index contributed by atoms with van der Waals surface area (Å²) in [4.78, 5) is 1.24. The van der Waals surface area contributed by atoms with Crippen LogP contribution in [0.3, 0.4) is 0 Å². The largest absolute Gasteiger partial charge is 0.495 e. The van der Waals surface area contributed by atoms with Crippen LogP contribution in [0, 0.1) is 0 Å². The molecule has 0 saturated heterocycles. The lowest BCUT2D eigenvalue weighted by Gasteiger charge is -2.21. The molecule has 0 fully saturated rings. The van der Waals surface area contributed by atoms with Crippen LogP contribution in [0.5, 0.6) is 5.75 Å². The van der Waals surface area contributed by atoms with E-state index in [2.05, 4.69) is 45.7 Å². The Kier molecular flexibility index (Phi) is 5.28. The Labute approximate surface area is 130 Å². The minimum Gasteiger partial charge on any atom is -0.495 e. The van der Waals surface area contributed by atoms with Crippen molar-refractivity contribution in [2.75, 3.05) is 13.7 Å². The Morgan fingerprint density at radius 3 is 2.84 bits per heavy atom. The molecule has 0 amide bonds. The summed E-state index contributed by atoms with van der Waals surface area (Å²) < 4.78 is 6.39. The third-order valence-electron chi connectivity index (χ3n) is 2.79. The van der Waals surface area contributed by atoms with Crippen LogP contribution in [0.25, 0.3) is 0 Å². The summed E-state index contributed by atoms with van der Waals surface area (Å²) >= 11 is 11.4. The normalized spacial score (nSPS) is 12.4. The molecule has 0 saturated carbocycles. The fourth-order valence-corrected chi connectivity index (χ4v) is 3.85. The summed E-state index contributed by atoms with van der Waals surface area (Å²) in [5.74, 6) is 0.823. The monoisotopic (exact) mass is 359 g/mol. The fraction of sp³-hybridized carbons (Fsp3) is 0.286. The molecule has 19 heavy (non-hydrogen) atoms. The van der Waals surface area contributed by atoms with E-state index in [0.29, 0.717) is 5.02 Å². The molecule has 2 nitrogen and oxygen atoms in total. The second-order valence-corrected chi connectivity index (χ2v) is 6.29. The van der Waals surface area contributed by atoms with Crippen LogP contribution in [0.2, 0.25) is 5.02 Å². The van der Waals surface area contributed by atoms with Crippen molar-refractivity contribution in [3.05, 3.63) is 49.6 Å². The molecule has 0 aliphatic rings. The van der Waals surface area contributed by atoms with E-state index in [1.165, 1.54) is 4.88 Å². The van der Waals surface area contributed by atoms with Gasteiger partial charge in [0.15, 0.2) is 0 Å². The Bertz CT molecular complexity index is 545. The highest BCUT2D eigenvalue weighted by Gasteiger charge is 2.20. The van der Waals surface area contributed by atoms with Crippen LogP contribution in [-0.2, 0) is 0 Å². The first-order valence-corrected chi connectivity index (χ1v) is 8.02. The maximum absolute atomic E-state index is 6.17. The molecule has 1 N–H and O–H groups in total. The number of hydrogen-bond donors (Lipinski definition) is 1. The molecule has 2 aromatic rings. The quantitative estimate of drug-likeness (QED) is 0.821. The van der Waals surface area contributed by atoms with Crippen LogP contribution >= 0.6 is 38.9 Å². The summed E-state index contributed by atoms with van der Waals surface area (Å²) in [6.07, 6.45) is 0. The number of halogens is 2.